The highest BCUT2D eigenvalue weighted by Crippen LogP contribution is 2.36. The maximum absolute atomic E-state index is 11.0. The topological polar surface area (TPSA) is 37.3 Å². The Kier molecular flexibility index (Phi) is 2.84. The Morgan fingerprint density at radius 1 is 1.05 bits per heavy atom. The van der Waals surface area contributed by atoms with Crippen LogP contribution < -0.4 is 0 Å². The molecular formula is C16H12O2S. The Bertz CT molecular complexity index is 771. The van der Waals surface area contributed by atoms with Gasteiger partial charge in [0.25, 0.3) is 0 Å². The van der Waals surface area contributed by atoms with Crippen molar-refractivity contribution in [3.8, 4) is 10.4 Å². The summed E-state index contributed by atoms with van der Waals surface area (Å²) in [6, 6.07) is 15.9. The van der Waals surface area contributed by atoms with E-state index in [9.17, 15) is 4.79 Å². The number of aromatic carboxylic acids is 1. The van der Waals surface area contributed by atoms with E-state index in [0.717, 1.165) is 16.0 Å². The molecule has 0 aliphatic carbocycles. The Labute approximate surface area is 114 Å². The zero-order chi connectivity index (χ0) is 13.4. The molecule has 0 bridgehead atoms. The van der Waals surface area contributed by atoms with Crippen LogP contribution in [0.15, 0.2) is 48.5 Å². The highest BCUT2D eigenvalue weighted by molar-refractivity contribution is 7.17. The minimum atomic E-state index is -0.867. The molecule has 2 aromatic carbocycles. The molecule has 0 spiro atoms. The number of carboxylic acid groups (broad SMARTS) is 1. The first-order chi connectivity index (χ1) is 9.16. The van der Waals surface area contributed by atoms with Gasteiger partial charge in [-0.15, -0.1) is 11.3 Å². The number of rotatable bonds is 2. The third-order valence-corrected chi connectivity index (χ3v) is 4.29. The van der Waals surface area contributed by atoms with Crippen LogP contribution in [-0.2, 0) is 0 Å². The van der Waals surface area contributed by atoms with Crippen molar-refractivity contribution in [3.63, 3.8) is 0 Å². The highest BCUT2D eigenvalue weighted by Gasteiger charge is 2.12. The smallest absolute Gasteiger partial charge is 0.345 e. The van der Waals surface area contributed by atoms with Gasteiger partial charge in [0.2, 0.25) is 0 Å². The van der Waals surface area contributed by atoms with E-state index in [1.54, 1.807) is 6.07 Å². The summed E-state index contributed by atoms with van der Waals surface area (Å²) in [5.41, 5.74) is 2.30. The van der Waals surface area contributed by atoms with E-state index in [2.05, 4.69) is 31.2 Å². The molecule has 0 amide bonds. The molecule has 0 saturated heterocycles. The van der Waals surface area contributed by atoms with E-state index in [-0.39, 0.29) is 0 Å². The van der Waals surface area contributed by atoms with E-state index in [0.29, 0.717) is 4.88 Å². The molecule has 3 rings (SSSR count). The molecule has 0 aliphatic heterocycles. The van der Waals surface area contributed by atoms with Crippen LogP contribution in [0.25, 0.3) is 21.2 Å². The predicted octanol–water partition coefficient (Wildman–Crippen LogP) is 4.57. The molecule has 0 saturated carbocycles. The maximum atomic E-state index is 11.0. The summed E-state index contributed by atoms with van der Waals surface area (Å²) in [5.74, 6) is -0.867. The lowest BCUT2D eigenvalue weighted by Crippen LogP contribution is -1.89. The third-order valence-electron chi connectivity index (χ3n) is 3.20. The Hall–Kier alpha value is -2.13. The minimum Gasteiger partial charge on any atom is -0.477 e. The first-order valence-electron chi connectivity index (χ1n) is 5.98. The Morgan fingerprint density at radius 3 is 2.58 bits per heavy atom. The summed E-state index contributed by atoms with van der Waals surface area (Å²) < 4.78 is 0. The van der Waals surface area contributed by atoms with Gasteiger partial charge in [-0.25, -0.2) is 4.79 Å². The Morgan fingerprint density at radius 2 is 1.84 bits per heavy atom. The first-order valence-corrected chi connectivity index (χ1v) is 6.80. The third kappa shape index (κ3) is 2.02. The molecular weight excluding hydrogens is 256 g/mol. The van der Waals surface area contributed by atoms with Crippen LogP contribution in [0.1, 0.15) is 15.2 Å². The minimum absolute atomic E-state index is 0.377. The molecule has 94 valence electrons. The molecule has 2 nitrogen and oxygen atoms in total. The number of thiophene rings is 1. The zero-order valence-electron chi connectivity index (χ0n) is 10.4. The van der Waals surface area contributed by atoms with E-state index in [1.807, 2.05) is 18.2 Å². The van der Waals surface area contributed by atoms with Crippen LogP contribution >= 0.6 is 11.3 Å². The number of hydrogen-bond acceptors (Lipinski definition) is 2. The SMILES string of the molecule is Cc1ccc2ccccc2c1-c1ccc(C(=O)O)s1. The molecule has 1 aromatic heterocycles. The largest absolute Gasteiger partial charge is 0.477 e. The highest BCUT2D eigenvalue weighted by atomic mass is 32.1. The predicted molar refractivity (Wildman–Crippen MR) is 79.0 cm³/mol. The average molecular weight is 268 g/mol. The molecule has 0 atom stereocenters. The van der Waals surface area contributed by atoms with Gasteiger partial charge in [0.15, 0.2) is 0 Å². The monoisotopic (exact) mass is 268 g/mol. The van der Waals surface area contributed by atoms with Gasteiger partial charge < -0.3 is 5.11 Å². The van der Waals surface area contributed by atoms with Crippen molar-refractivity contribution >= 4 is 28.1 Å². The second kappa shape index (κ2) is 4.52. The van der Waals surface area contributed by atoms with Gasteiger partial charge in [-0.2, -0.15) is 0 Å². The van der Waals surface area contributed by atoms with Gasteiger partial charge >= 0.3 is 5.97 Å². The molecule has 3 aromatic rings. The van der Waals surface area contributed by atoms with Crippen LogP contribution in [0.2, 0.25) is 0 Å². The quantitative estimate of drug-likeness (QED) is 0.739. The van der Waals surface area contributed by atoms with E-state index in [4.69, 9.17) is 5.11 Å². The molecule has 1 heterocycles. The standard InChI is InChI=1S/C16H12O2S/c1-10-6-7-11-4-2-3-5-12(11)15(10)13-8-9-14(19-13)16(17)18/h2-9H,1H3,(H,17,18). The number of carbonyl (C=O) groups is 1. The van der Waals surface area contributed by atoms with Gasteiger partial charge in [0.1, 0.15) is 4.88 Å². The number of aryl methyl sites for hydroxylation is 1. The first kappa shape index (κ1) is 11.9. The number of hydrogen-bond donors (Lipinski definition) is 1. The summed E-state index contributed by atoms with van der Waals surface area (Å²) >= 11 is 1.32. The normalized spacial score (nSPS) is 10.8. The molecule has 0 unspecified atom stereocenters. The number of fused-ring (bicyclic) bond motifs is 1. The summed E-state index contributed by atoms with van der Waals surface area (Å²) in [5, 5.41) is 11.4. The molecule has 0 fully saturated rings. The fraction of sp³-hybridized carbons (Fsp3) is 0.0625. The summed E-state index contributed by atoms with van der Waals surface area (Å²) in [6.45, 7) is 2.06. The molecule has 1 N–H and O–H groups in total. The lowest BCUT2D eigenvalue weighted by atomic mass is 9.99. The van der Waals surface area contributed by atoms with Crippen molar-refractivity contribution in [3.05, 3.63) is 59.0 Å². The van der Waals surface area contributed by atoms with Crippen LogP contribution in [0.3, 0.4) is 0 Å². The van der Waals surface area contributed by atoms with Crippen molar-refractivity contribution < 1.29 is 9.90 Å². The lowest BCUT2D eigenvalue weighted by Gasteiger charge is -2.08. The maximum Gasteiger partial charge on any atom is 0.345 e. The van der Waals surface area contributed by atoms with E-state index < -0.39 is 5.97 Å². The van der Waals surface area contributed by atoms with Crippen LogP contribution in [0.5, 0.6) is 0 Å². The van der Waals surface area contributed by atoms with Crippen LogP contribution in [-0.4, -0.2) is 11.1 Å². The van der Waals surface area contributed by atoms with Gasteiger partial charge in [-0.05, 0) is 35.4 Å². The van der Waals surface area contributed by atoms with Crippen molar-refractivity contribution in [2.45, 2.75) is 6.92 Å². The van der Waals surface area contributed by atoms with Crippen molar-refractivity contribution in [2.75, 3.05) is 0 Å². The second-order valence-electron chi connectivity index (χ2n) is 4.45. The number of carboxylic acids is 1. The second-order valence-corrected chi connectivity index (χ2v) is 5.53. The fourth-order valence-electron chi connectivity index (χ4n) is 2.29. The van der Waals surface area contributed by atoms with E-state index >= 15 is 0 Å². The zero-order valence-corrected chi connectivity index (χ0v) is 11.2. The van der Waals surface area contributed by atoms with Crippen molar-refractivity contribution in [1.82, 2.24) is 0 Å². The summed E-state index contributed by atoms with van der Waals surface area (Å²) in [6.07, 6.45) is 0. The molecule has 0 aliphatic rings. The lowest BCUT2D eigenvalue weighted by molar-refractivity contribution is 0.0702. The van der Waals surface area contributed by atoms with Gasteiger partial charge in [-0.1, -0.05) is 36.4 Å². The molecule has 0 radical (unpaired) electrons. The van der Waals surface area contributed by atoms with Gasteiger partial charge in [0, 0.05) is 10.4 Å². The average Bonchev–Trinajstić information content (AvgIpc) is 2.88. The van der Waals surface area contributed by atoms with Crippen LogP contribution in [0, 0.1) is 6.92 Å². The van der Waals surface area contributed by atoms with Crippen LogP contribution in [0.4, 0.5) is 0 Å². The Balaban J connectivity index is 2.28. The summed E-state index contributed by atoms with van der Waals surface area (Å²) in [7, 11) is 0. The number of benzene rings is 2. The molecule has 19 heavy (non-hydrogen) atoms. The van der Waals surface area contributed by atoms with Crippen molar-refractivity contribution in [1.29, 1.82) is 0 Å². The molecule has 3 heteroatoms. The van der Waals surface area contributed by atoms with Gasteiger partial charge in [-0.3, -0.25) is 0 Å². The summed E-state index contributed by atoms with van der Waals surface area (Å²) in [4.78, 5) is 12.4. The fourth-order valence-corrected chi connectivity index (χ4v) is 3.26. The van der Waals surface area contributed by atoms with E-state index in [1.165, 1.54) is 22.1 Å². The van der Waals surface area contributed by atoms with Crippen molar-refractivity contribution in [2.24, 2.45) is 0 Å². The van der Waals surface area contributed by atoms with Gasteiger partial charge in [0.05, 0.1) is 0 Å².